The summed E-state index contributed by atoms with van der Waals surface area (Å²) in [6, 6.07) is 2.06. The molecule has 1 aromatic heterocycles. The number of carboxylic acids is 1. The standard InChI is InChI=1S/C23H32N6O6S/c1-13(27-21(32)17(24)9-14-3-5-16(30)6-4-14)20(31)29-19(10-15-11-25-12-26-15)22(33)28-18(23(34)35)7-8-36-2/h3-6,11-13,17-19,30H,7-10,24H2,1-2H3,(H,25,26)(H,27,32)(H,28,33)(H,29,31)(H,34,35). The zero-order valence-electron chi connectivity index (χ0n) is 20.1. The molecule has 0 fully saturated rings. The Kier molecular flexibility index (Phi) is 11.2. The van der Waals surface area contributed by atoms with Crippen LogP contribution in [0.4, 0.5) is 0 Å². The summed E-state index contributed by atoms with van der Waals surface area (Å²) >= 11 is 1.45. The summed E-state index contributed by atoms with van der Waals surface area (Å²) in [5, 5.41) is 26.4. The van der Waals surface area contributed by atoms with Gasteiger partial charge < -0.3 is 36.9 Å². The van der Waals surface area contributed by atoms with E-state index in [2.05, 4.69) is 25.9 Å². The monoisotopic (exact) mass is 520 g/mol. The lowest BCUT2D eigenvalue weighted by Gasteiger charge is -2.23. The third-order valence-electron chi connectivity index (χ3n) is 5.32. The van der Waals surface area contributed by atoms with Gasteiger partial charge in [-0.1, -0.05) is 12.1 Å². The van der Waals surface area contributed by atoms with E-state index in [1.54, 1.807) is 12.1 Å². The number of carbonyl (C=O) groups excluding carboxylic acids is 3. The molecule has 36 heavy (non-hydrogen) atoms. The second kappa shape index (κ2) is 14.1. The van der Waals surface area contributed by atoms with Crippen molar-refractivity contribution in [2.24, 2.45) is 5.73 Å². The maximum atomic E-state index is 12.9. The summed E-state index contributed by atoms with van der Waals surface area (Å²) in [5.41, 5.74) is 7.25. The Hall–Kier alpha value is -3.58. The van der Waals surface area contributed by atoms with Gasteiger partial charge in [0, 0.05) is 18.3 Å². The van der Waals surface area contributed by atoms with E-state index in [0.717, 1.165) is 5.56 Å². The topological polar surface area (TPSA) is 200 Å². The highest BCUT2D eigenvalue weighted by molar-refractivity contribution is 7.98. The number of carbonyl (C=O) groups is 4. The van der Waals surface area contributed by atoms with Crippen molar-refractivity contribution >= 4 is 35.5 Å². The first-order chi connectivity index (χ1) is 17.1. The molecule has 4 unspecified atom stereocenters. The highest BCUT2D eigenvalue weighted by Crippen LogP contribution is 2.11. The number of aromatic nitrogens is 2. The summed E-state index contributed by atoms with van der Waals surface area (Å²) in [5.74, 6) is -2.43. The fraction of sp³-hybridized carbons (Fsp3) is 0.435. The van der Waals surface area contributed by atoms with Crippen LogP contribution in [0, 0.1) is 0 Å². The van der Waals surface area contributed by atoms with Gasteiger partial charge >= 0.3 is 5.97 Å². The number of nitrogens with zero attached hydrogens (tertiary/aromatic N) is 1. The molecule has 196 valence electrons. The summed E-state index contributed by atoms with van der Waals surface area (Å²) < 4.78 is 0. The number of benzene rings is 1. The van der Waals surface area contributed by atoms with E-state index < -0.39 is 47.9 Å². The van der Waals surface area contributed by atoms with E-state index in [1.807, 2.05) is 6.26 Å². The van der Waals surface area contributed by atoms with Crippen LogP contribution in [0.2, 0.25) is 0 Å². The molecule has 1 aromatic carbocycles. The van der Waals surface area contributed by atoms with Crippen LogP contribution < -0.4 is 21.7 Å². The molecule has 13 heteroatoms. The quantitative estimate of drug-likeness (QED) is 0.172. The molecule has 0 aliphatic heterocycles. The summed E-state index contributed by atoms with van der Waals surface area (Å²) in [6.45, 7) is 1.45. The van der Waals surface area contributed by atoms with Crippen molar-refractivity contribution < 1.29 is 29.4 Å². The lowest BCUT2D eigenvalue weighted by molar-refractivity contribution is -0.142. The number of carboxylic acid groups (broad SMARTS) is 1. The van der Waals surface area contributed by atoms with E-state index in [1.165, 1.54) is 43.3 Å². The van der Waals surface area contributed by atoms with Gasteiger partial charge in [-0.3, -0.25) is 14.4 Å². The molecule has 0 radical (unpaired) electrons. The molecular formula is C23H32N6O6S. The van der Waals surface area contributed by atoms with Crippen molar-refractivity contribution in [2.45, 2.75) is 50.4 Å². The maximum absolute atomic E-state index is 12.9. The Balaban J connectivity index is 2.01. The molecule has 8 N–H and O–H groups in total. The van der Waals surface area contributed by atoms with Crippen LogP contribution in [0.15, 0.2) is 36.8 Å². The number of phenols is 1. The van der Waals surface area contributed by atoms with Crippen LogP contribution in [0.25, 0.3) is 0 Å². The van der Waals surface area contributed by atoms with Gasteiger partial charge in [-0.05, 0) is 49.5 Å². The number of hydrogen-bond donors (Lipinski definition) is 7. The van der Waals surface area contributed by atoms with Crippen molar-refractivity contribution in [1.29, 1.82) is 0 Å². The molecule has 2 rings (SSSR count). The van der Waals surface area contributed by atoms with Gasteiger partial charge in [-0.2, -0.15) is 11.8 Å². The van der Waals surface area contributed by atoms with Gasteiger partial charge in [-0.15, -0.1) is 0 Å². The van der Waals surface area contributed by atoms with E-state index in [4.69, 9.17) is 5.73 Å². The van der Waals surface area contributed by atoms with Crippen LogP contribution in [0.3, 0.4) is 0 Å². The Morgan fingerprint density at radius 2 is 1.69 bits per heavy atom. The normalized spacial score (nSPS) is 14.2. The van der Waals surface area contributed by atoms with Crippen LogP contribution >= 0.6 is 11.8 Å². The summed E-state index contributed by atoms with van der Waals surface area (Å²) in [4.78, 5) is 56.5. The Bertz CT molecular complexity index is 1020. The molecule has 3 amide bonds. The minimum atomic E-state index is -1.17. The van der Waals surface area contributed by atoms with E-state index in [9.17, 15) is 29.4 Å². The molecule has 0 spiro atoms. The van der Waals surface area contributed by atoms with Crippen LogP contribution in [-0.2, 0) is 32.0 Å². The fourth-order valence-corrected chi connectivity index (χ4v) is 3.72. The molecule has 4 atom stereocenters. The number of aromatic hydroxyl groups is 1. The zero-order chi connectivity index (χ0) is 26.7. The molecule has 12 nitrogen and oxygen atoms in total. The van der Waals surface area contributed by atoms with Gasteiger partial charge in [0.2, 0.25) is 17.7 Å². The third kappa shape index (κ3) is 9.23. The Morgan fingerprint density at radius 3 is 2.28 bits per heavy atom. The first-order valence-electron chi connectivity index (χ1n) is 11.2. The number of rotatable bonds is 14. The minimum absolute atomic E-state index is 0.0352. The molecule has 0 aliphatic carbocycles. The molecule has 0 saturated heterocycles. The molecule has 0 saturated carbocycles. The van der Waals surface area contributed by atoms with E-state index in [-0.39, 0.29) is 25.0 Å². The van der Waals surface area contributed by atoms with Gasteiger partial charge in [0.1, 0.15) is 23.9 Å². The Morgan fingerprint density at radius 1 is 1.03 bits per heavy atom. The molecule has 2 aromatic rings. The smallest absolute Gasteiger partial charge is 0.326 e. The fourth-order valence-electron chi connectivity index (χ4n) is 3.25. The first kappa shape index (κ1) is 28.7. The van der Waals surface area contributed by atoms with Crippen molar-refractivity contribution in [3.8, 4) is 5.75 Å². The molecule has 0 aliphatic rings. The van der Waals surface area contributed by atoms with Crippen molar-refractivity contribution in [3.63, 3.8) is 0 Å². The highest BCUT2D eigenvalue weighted by Gasteiger charge is 2.29. The zero-order valence-corrected chi connectivity index (χ0v) is 20.9. The number of phenolic OH excluding ortho intramolecular Hbond substituents is 1. The molecule has 1 heterocycles. The van der Waals surface area contributed by atoms with Crippen molar-refractivity contribution in [1.82, 2.24) is 25.9 Å². The predicted molar refractivity (Wildman–Crippen MR) is 134 cm³/mol. The number of nitrogens with one attached hydrogen (secondary N) is 4. The second-order valence-electron chi connectivity index (χ2n) is 8.23. The first-order valence-corrected chi connectivity index (χ1v) is 12.6. The van der Waals surface area contributed by atoms with Crippen LogP contribution in [0.5, 0.6) is 5.75 Å². The van der Waals surface area contributed by atoms with Crippen molar-refractivity contribution in [2.75, 3.05) is 12.0 Å². The predicted octanol–water partition coefficient (Wildman–Crippen LogP) is -0.460. The lowest BCUT2D eigenvalue weighted by Crippen LogP contribution is -2.57. The van der Waals surface area contributed by atoms with Crippen LogP contribution in [0.1, 0.15) is 24.6 Å². The maximum Gasteiger partial charge on any atom is 0.326 e. The average Bonchev–Trinajstić information content (AvgIpc) is 3.35. The summed E-state index contributed by atoms with van der Waals surface area (Å²) in [7, 11) is 0. The van der Waals surface area contributed by atoms with Gasteiger partial charge in [0.25, 0.3) is 0 Å². The SMILES string of the molecule is CSCCC(NC(=O)C(Cc1cnc[nH]1)NC(=O)C(C)NC(=O)C(N)Cc1ccc(O)cc1)C(=O)O. The number of aromatic amines is 1. The van der Waals surface area contributed by atoms with Gasteiger partial charge in [0.15, 0.2) is 0 Å². The number of imidazole rings is 1. The van der Waals surface area contributed by atoms with Crippen LogP contribution in [-0.4, -0.2) is 80.0 Å². The average molecular weight is 521 g/mol. The van der Waals surface area contributed by atoms with Gasteiger partial charge in [-0.25, -0.2) is 9.78 Å². The number of hydrogen-bond acceptors (Lipinski definition) is 8. The van der Waals surface area contributed by atoms with Gasteiger partial charge in [0.05, 0.1) is 12.4 Å². The largest absolute Gasteiger partial charge is 0.508 e. The number of amides is 3. The number of thioether (sulfide) groups is 1. The highest BCUT2D eigenvalue weighted by atomic mass is 32.2. The second-order valence-corrected chi connectivity index (χ2v) is 9.22. The van der Waals surface area contributed by atoms with E-state index >= 15 is 0 Å². The molecular weight excluding hydrogens is 488 g/mol. The Labute approximate surface area is 212 Å². The van der Waals surface area contributed by atoms with Crippen molar-refractivity contribution in [3.05, 3.63) is 48.0 Å². The molecule has 0 bridgehead atoms. The van der Waals surface area contributed by atoms with E-state index in [0.29, 0.717) is 11.4 Å². The summed E-state index contributed by atoms with van der Waals surface area (Å²) in [6.07, 6.45) is 5.18. The number of aliphatic carboxylic acids is 1. The number of nitrogens with two attached hydrogens (primary N) is 1. The lowest BCUT2D eigenvalue weighted by atomic mass is 10.1. The number of H-pyrrole nitrogens is 1. The third-order valence-corrected chi connectivity index (χ3v) is 5.96. The minimum Gasteiger partial charge on any atom is -0.508 e.